The van der Waals surface area contributed by atoms with E-state index in [1.165, 1.54) is 149 Å². The molecule has 0 radical (unpaired) electrons. The van der Waals surface area contributed by atoms with Crippen LogP contribution < -0.4 is 9.80 Å². The van der Waals surface area contributed by atoms with Gasteiger partial charge in [-0.05, 0) is 245 Å². The van der Waals surface area contributed by atoms with Crippen molar-refractivity contribution >= 4 is 172 Å². The first-order chi connectivity index (χ1) is 54.4. The fourth-order valence-corrected chi connectivity index (χ4v) is 20.2. The van der Waals surface area contributed by atoms with Crippen LogP contribution in [0.25, 0.3) is 182 Å². The van der Waals surface area contributed by atoms with Gasteiger partial charge in [0.25, 0.3) is 0 Å². The molecule has 0 atom stereocenters. The standard InChI is InChI=1S/C104H64N2OS3/c1-3-15-71-57-73(31-29-65(71)13-1)67-33-45-81(46-34-67)105(83-49-37-69(38-50-83)75-43-55-96-93(61-75)89-21-5-7-25-95(89)107-96)86-20-10-18-80(60-86)88-24-12-28-100-104(88)92-54-42-78(64-102(92)110-100)77-41-53-90-94-62-76(44-56-98(94)109-101(90)63-77)70-39-51-84(52-40-70)106(82-47-35-68(36-48-82)74-32-30-66-14-2-4-16-72(66)58-74)85-19-9-17-79(59-85)87-23-11-27-99-103(87)91-22-6-8-26-97(91)108-99/h1-64H. The Kier molecular flexibility index (Phi) is 15.2. The molecule has 0 saturated heterocycles. The van der Waals surface area contributed by atoms with Crippen molar-refractivity contribution in [1.29, 1.82) is 0 Å². The lowest BCUT2D eigenvalue weighted by Crippen LogP contribution is -2.10. The van der Waals surface area contributed by atoms with Crippen LogP contribution in [-0.2, 0) is 0 Å². The second kappa shape index (κ2) is 26.2. The van der Waals surface area contributed by atoms with Crippen molar-refractivity contribution in [3.05, 3.63) is 388 Å². The summed E-state index contributed by atoms with van der Waals surface area (Å²) in [6, 6.07) is 143. The SMILES string of the molecule is c1cc(-c2cccc3sc4ccccc4c23)cc(N(c2ccc(-c3ccc4ccccc4c3)cc2)c2ccc(-c3ccc4sc5cc(-c6ccc7c(c6)sc6cccc(-c8cccc(N(c9ccc(-c%10ccc%11ccccc%11c%10)cc9)c9ccc(-c%10ccc%11oc%12ccccc%12c%11c%10)cc9)c8)c67)ccc5c4c3)cc2)c1. The van der Waals surface area contributed by atoms with E-state index in [9.17, 15) is 0 Å². The van der Waals surface area contributed by atoms with Gasteiger partial charge < -0.3 is 14.2 Å². The number of nitrogens with zero attached hydrogens (tertiary/aromatic N) is 2. The molecule has 514 valence electrons. The Bertz CT molecular complexity index is 7410. The number of hydrogen-bond donors (Lipinski definition) is 0. The van der Waals surface area contributed by atoms with Crippen molar-refractivity contribution in [2.24, 2.45) is 0 Å². The molecule has 18 aromatic carbocycles. The van der Waals surface area contributed by atoms with Gasteiger partial charge in [0.05, 0.1) is 0 Å². The first-order valence-corrected chi connectivity index (χ1v) is 39.8. The van der Waals surface area contributed by atoms with Gasteiger partial charge in [-0.2, -0.15) is 0 Å². The number of hydrogen-bond acceptors (Lipinski definition) is 6. The highest BCUT2D eigenvalue weighted by Crippen LogP contribution is 2.48. The second-order valence-corrected chi connectivity index (χ2v) is 31.9. The zero-order valence-corrected chi connectivity index (χ0v) is 61.9. The maximum atomic E-state index is 6.22. The molecule has 0 saturated carbocycles. The average Bonchev–Trinajstić information content (AvgIpc) is 1.56. The molecule has 0 aliphatic heterocycles. The van der Waals surface area contributed by atoms with Gasteiger partial charge in [-0.1, -0.05) is 243 Å². The van der Waals surface area contributed by atoms with Gasteiger partial charge in [0, 0.05) is 105 Å². The summed E-state index contributed by atoms with van der Waals surface area (Å²) in [6.07, 6.45) is 0. The first-order valence-electron chi connectivity index (χ1n) is 37.4. The summed E-state index contributed by atoms with van der Waals surface area (Å²) >= 11 is 5.61. The molecule has 0 bridgehead atoms. The molecule has 4 heterocycles. The predicted molar refractivity (Wildman–Crippen MR) is 475 cm³/mol. The molecule has 0 spiro atoms. The maximum Gasteiger partial charge on any atom is 0.135 e. The van der Waals surface area contributed by atoms with Gasteiger partial charge in [0.2, 0.25) is 0 Å². The van der Waals surface area contributed by atoms with Gasteiger partial charge in [-0.25, -0.2) is 0 Å². The largest absolute Gasteiger partial charge is 0.456 e. The highest BCUT2D eigenvalue weighted by Gasteiger charge is 2.22. The second-order valence-electron chi connectivity index (χ2n) is 28.7. The number of para-hydroxylation sites is 1. The molecular weight excluding hydrogens is 1390 g/mol. The highest BCUT2D eigenvalue weighted by molar-refractivity contribution is 7.26. The summed E-state index contributed by atoms with van der Waals surface area (Å²) < 4.78 is 13.9. The van der Waals surface area contributed by atoms with Gasteiger partial charge in [-0.15, -0.1) is 34.0 Å². The number of fused-ring (bicyclic) bond motifs is 14. The van der Waals surface area contributed by atoms with E-state index < -0.39 is 0 Å². The molecule has 0 aliphatic rings. The summed E-state index contributed by atoms with van der Waals surface area (Å²) in [4.78, 5) is 4.80. The molecule has 0 aliphatic carbocycles. The lowest BCUT2D eigenvalue weighted by atomic mass is 9.97. The Labute approximate surface area is 647 Å². The minimum absolute atomic E-state index is 0.897. The van der Waals surface area contributed by atoms with Crippen LogP contribution in [0.3, 0.4) is 0 Å². The molecule has 3 nitrogen and oxygen atoms in total. The van der Waals surface area contributed by atoms with Crippen molar-refractivity contribution in [3.8, 4) is 77.9 Å². The molecular formula is C104H64N2OS3. The Morgan fingerprint density at radius 1 is 0.173 bits per heavy atom. The summed E-state index contributed by atoms with van der Waals surface area (Å²) in [7, 11) is 0. The molecule has 0 amide bonds. The van der Waals surface area contributed by atoms with Crippen molar-refractivity contribution in [3.63, 3.8) is 0 Å². The van der Waals surface area contributed by atoms with Crippen LogP contribution >= 0.6 is 34.0 Å². The zero-order chi connectivity index (χ0) is 72.3. The molecule has 110 heavy (non-hydrogen) atoms. The summed E-state index contributed by atoms with van der Waals surface area (Å²) in [6.45, 7) is 0. The molecule has 22 rings (SSSR count). The monoisotopic (exact) mass is 1450 g/mol. The van der Waals surface area contributed by atoms with E-state index in [0.717, 1.165) is 67.2 Å². The molecule has 0 fully saturated rings. The molecule has 22 aromatic rings. The summed E-state index contributed by atoms with van der Waals surface area (Å²) in [5.41, 5.74) is 25.0. The van der Waals surface area contributed by atoms with Crippen LogP contribution in [0.1, 0.15) is 0 Å². The topological polar surface area (TPSA) is 19.6 Å². The van der Waals surface area contributed by atoms with E-state index in [1.54, 1.807) is 0 Å². The van der Waals surface area contributed by atoms with Crippen molar-refractivity contribution in [2.75, 3.05) is 9.80 Å². The lowest BCUT2D eigenvalue weighted by Gasteiger charge is -2.26. The molecule has 0 unspecified atom stereocenters. The number of rotatable bonds is 13. The van der Waals surface area contributed by atoms with Crippen molar-refractivity contribution in [2.45, 2.75) is 0 Å². The van der Waals surface area contributed by atoms with E-state index >= 15 is 0 Å². The van der Waals surface area contributed by atoms with E-state index in [2.05, 4.69) is 386 Å². The van der Waals surface area contributed by atoms with E-state index in [1.807, 2.05) is 46.1 Å². The number of anilines is 6. The van der Waals surface area contributed by atoms with Crippen molar-refractivity contribution in [1.82, 2.24) is 0 Å². The van der Waals surface area contributed by atoms with Crippen LogP contribution in [0.15, 0.2) is 393 Å². The molecule has 6 heteroatoms. The Morgan fingerprint density at radius 2 is 0.536 bits per heavy atom. The normalized spacial score (nSPS) is 11.8. The fourth-order valence-electron chi connectivity index (χ4n) is 16.8. The summed E-state index contributed by atoms with van der Waals surface area (Å²) in [5, 5.41) is 14.9. The zero-order valence-electron chi connectivity index (χ0n) is 59.5. The third-order valence-corrected chi connectivity index (χ3v) is 25.6. The highest BCUT2D eigenvalue weighted by atomic mass is 32.1. The number of benzene rings is 18. The van der Waals surface area contributed by atoms with Crippen LogP contribution in [-0.4, -0.2) is 0 Å². The van der Waals surface area contributed by atoms with Gasteiger partial charge in [0.15, 0.2) is 0 Å². The fraction of sp³-hybridized carbons (Fsp3) is 0. The Balaban J connectivity index is 0.567. The minimum Gasteiger partial charge on any atom is -0.456 e. The maximum absolute atomic E-state index is 6.22. The third-order valence-electron chi connectivity index (χ3n) is 22.2. The molecule has 0 N–H and O–H groups in total. The predicted octanol–water partition coefficient (Wildman–Crippen LogP) is 31.6. The lowest BCUT2D eigenvalue weighted by molar-refractivity contribution is 0.669. The minimum atomic E-state index is 0.897. The van der Waals surface area contributed by atoms with Crippen LogP contribution in [0, 0.1) is 0 Å². The quantitative estimate of drug-likeness (QED) is 0.115. The van der Waals surface area contributed by atoms with Crippen LogP contribution in [0.4, 0.5) is 34.1 Å². The van der Waals surface area contributed by atoms with Gasteiger partial charge in [-0.3, -0.25) is 0 Å². The van der Waals surface area contributed by atoms with Gasteiger partial charge in [0.1, 0.15) is 11.2 Å². The van der Waals surface area contributed by atoms with Crippen LogP contribution in [0.5, 0.6) is 0 Å². The van der Waals surface area contributed by atoms with E-state index in [0.29, 0.717) is 0 Å². The number of furan rings is 1. The Morgan fingerprint density at radius 3 is 1.09 bits per heavy atom. The van der Waals surface area contributed by atoms with Gasteiger partial charge >= 0.3 is 0 Å². The summed E-state index contributed by atoms with van der Waals surface area (Å²) in [5.74, 6) is 0. The van der Waals surface area contributed by atoms with E-state index in [4.69, 9.17) is 4.42 Å². The average molecular weight is 1450 g/mol. The Hall–Kier alpha value is -13.5. The molecule has 4 aromatic heterocycles. The van der Waals surface area contributed by atoms with E-state index in [-0.39, 0.29) is 0 Å². The third kappa shape index (κ3) is 11.1. The smallest absolute Gasteiger partial charge is 0.135 e. The number of thiophene rings is 3. The van der Waals surface area contributed by atoms with Crippen molar-refractivity contribution < 1.29 is 4.42 Å². The first kappa shape index (κ1) is 63.8. The van der Waals surface area contributed by atoms with Crippen LogP contribution in [0.2, 0.25) is 0 Å².